The predicted octanol–water partition coefficient (Wildman–Crippen LogP) is 5.03. The van der Waals surface area contributed by atoms with Gasteiger partial charge in [-0.3, -0.25) is 4.79 Å². The number of imidazole rings is 1. The summed E-state index contributed by atoms with van der Waals surface area (Å²) in [4.78, 5) is 18.0. The van der Waals surface area contributed by atoms with Crippen molar-refractivity contribution in [3.63, 3.8) is 0 Å². The summed E-state index contributed by atoms with van der Waals surface area (Å²) >= 11 is 0. The summed E-state index contributed by atoms with van der Waals surface area (Å²) in [7, 11) is 0. The molecule has 2 unspecified atom stereocenters. The van der Waals surface area contributed by atoms with Crippen LogP contribution in [0, 0.1) is 11.7 Å². The van der Waals surface area contributed by atoms with E-state index in [2.05, 4.69) is 5.32 Å². The van der Waals surface area contributed by atoms with Crippen LogP contribution in [0.1, 0.15) is 94.2 Å². The fraction of sp³-hybridized carbons (Fsp3) is 0.630. The first-order chi connectivity index (χ1) is 16.3. The highest BCUT2D eigenvalue weighted by atomic mass is 19.1. The van der Waals surface area contributed by atoms with Crippen molar-refractivity contribution in [3.05, 3.63) is 41.5 Å². The SMILES string of the molecule is CCC(O)CC(O)CCn1c(-c2ccc(F)cc2)nc(C(=O)NCC2CCCCC2)c1C(C)C. The molecule has 1 amide bonds. The molecular weight excluding hydrogens is 433 g/mol. The van der Waals surface area contributed by atoms with Gasteiger partial charge in [0.1, 0.15) is 17.3 Å². The van der Waals surface area contributed by atoms with Gasteiger partial charge in [-0.05, 0) is 68.2 Å². The third kappa shape index (κ3) is 6.89. The fourth-order valence-electron chi connectivity index (χ4n) is 4.85. The first kappa shape index (κ1) is 26.4. The van der Waals surface area contributed by atoms with Crippen molar-refractivity contribution in [2.45, 2.75) is 96.8 Å². The minimum absolute atomic E-state index is 0.0236. The molecule has 1 fully saturated rings. The van der Waals surface area contributed by atoms with Crippen LogP contribution in [0.5, 0.6) is 0 Å². The molecule has 7 heteroatoms. The normalized spacial score (nSPS) is 16.6. The lowest BCUT2D eigenvalue weighted by Gasteiger charge is -2.22. The van der Waals surface area contributed by atoms with E-state index in [-0.39, 0.29) is 17.6 Å². The largest absolute Gasteiger partial charge is 0.393 e. The number of amides is 1. The maximum Gasteiger partial charge on any atom is 0.271 e. The first-order valence-corrected chi connectivity index (χ1v) is 12.8. The van der Waals surface area contributed by atoms with Crippen LogP contribution in [0.4, 0.5) is 4.39 Å². The number of nitrogens with one attached hydrogen (secondary N) is 1. The first-order valence-electron chi connectivity index (χ1n) is 12.8. The quantitative estimate of drug-likeness (QED) is 0.427. The number of hydrogen-bond acceptors (Lipinski definition) is 4. The average Bonchev–Trinajstić information content (AvgIpc) is 3.22. The van der Waals surface area contributed by atoms with Crippen molar-refractivity contribution in [2.75, 3.05) is 6.54 Å². The van der Waals surface area contributed by atoms with Crippen LogP contribution in [0.3, 0.4) is 0 Å². The molecule has 188 valence electrons. The number of carbonyl (C=O) groups is 1. The van der Waals surface area contributed by atoms with E-state index >= 15 is 0 Å². The Labute approximate surface area is 202 Å². The van der Waals surface area contributed by atoms with Crippen LogP contribution in [0.25, 0.3) is 11.4 Å². The summed E-state index contributed by atoms with van der Waals surface area (Å²) in [6.45, 7) is 7.03. The van der Waals surface area contributed by atoms with Crippen molar-refractivity contribution in [1.29, 1.82) is 0 Å². The summed E-state index contributed by atoms with van der Waals surface area (Å²) in [5, 5.41) is 23.5. The van der Waals surface area contributed by atoms with Crippen molar-refractivity contribution >= 4 is 5.91 Å². The number of aliphatic hydroxyl groups excluding tert-OH is 2. The van der Waals surface area contributed by atoms with Crippen LogP contribution in [-0.4, -0.2) is 44.4 Å². The molecule has 0 saturated heterocycles. The van der Waals surface area contributed by atoms with Crippen LogP contribution < -0.4 is 5.32 Å². The van der Waals surface area contributed by atoms with Crippen LogP contribution in [0.2, 0.25) is 0 Å². The molecule has 34 heavy (non-hydrogen) atoms. The molecule has 6 nitrogen and oxygen atoms in total. The number of hydrogen-bond donors (Lipinski definition) is 3. The van der Waals surface area contributed by atoms with Crippen LogP contribution in [0.15, 0.2) is 24.3 Å². The molecule has 1 aliphatic carbocycles. The smallest absolute Gasteiger partial charge is 0.271 e. The second kappa shape index (κ2) is 12.5. The summed E-state index contributed by atoms with van der Waals surface area (Å²) in [5.41, 5.74) is 1.93. The lowest BCUT2D eigenvalue weighted by atomic mass is 9.89. The van der Waals surface area contributed by atoms with Gasteiger partial charge in [0.25, 0.3) is 5.91 Å². The molecule has 0 radical (unpaired) electrons. The zero-order valence-electron chi connectivity index (χ0n) is 20.8. The molecule has 0 aliphatic heterocycles. The third-order valence-electron chi connectivity index (χ3n) is 6.85. The van der Waals surface area contributed by atoms with Crippen molar-refractivity contribution in [1.82, 2.24) is 14.9 Å². The molecule has 1 saturated carbocycles. The molecule has 0 spiro atoms. The van der Waals surface area contributed by atoms with E-state index in [4.69, 9.17) is 4.98 Å². The Morgan fingerprint density at radius 3 is 2.44 bits per heavy atom. The van der Waals surface area contributed by atoms with Gasteiger partial charge in [0.2, 0.25) is 0 Å². The summed E-state index contributed by atoms with van der Waals surface area (Å²) in [6.07, 6.45) is 6.11. The molecular formula is C27H40FN3O3. The van der Waals surface area contributed by atoms with E-state index in [1.165, 1.54) is 31.4 Å². The highest BCUT2D eigenvalue weighted by Crippen LogP contribution is 2.29. The van der Waals surface area contributed by atoms with Gasteiger partial charge in [-0.25, -0.2) is 9.37 Å². The molecule has 3 N–H and O–H groups in total. The number of carbonyl (C=O) groups excluding carboxylic acids is 1. The molecule has 1 heterocycles. The molecule has 1 aromatic carbocycles. The molecule has 0 bridgehead atoms. The lowest BCUT2D eigenvalue weighted by molar-refractivity contribution is 0.0711. The van der Waals surface area contributed by atoms with Crippen molar-refractivity contribution in [2.24, 2.45) is 5.92 Å². The Balaban J connectivity index is 1.89. The molecule has 1 aliphatic rings. The second-order valence-corrected chi connectivity index (χ2v) is 9.94. The van der Waals surface area contributed by atoms with E-state index in [1.54, 1.807) is 12.1 Å². The number of nitrogens with zero attached hydrogens (tertiary/aromatic N) is 2. The van der Waals surface area contributed by atoms with Gasteiger partial charge in [0.15, 0.2) is 0 Å². The number of aliphatic hydroxyl groups is 2. The van der Waals surface area contributed by atoms with E-state index in [1.807, 2.05) is 25.3 Å². The van der Waals surface area contributed by atoms with E-state index in [0.29, 0.717) is 49.8 Å². The lowest BCUT2D eigenvalue weighted by Crippen LogP contribution is -2.31. The van der Waals surface area contributed by atoms with Gasteiger partial charge < -0.3 is 20.1 Å². The number of aromatic nitrogens is 2. The molecule has 2 atom stereocenters. The van der Waals surface area contributed by atoms with Crippen molar-refractivity contribution in [3.8, 4) is 11.4 Å². The molecule has 2 aromatic rings. The summed E-state index contributed by atoms with van der Waals surface area (Å²) in [5.74, 6) is 0.614. The Kier molecular flexibility index (Phi) is 9.65. The highest BCUT2D eigenvalue weighted by Gasteiger charge is 2.26. The van der Waals surface area contributed by atoms with Gasteiger partial charge in [0, 0.05) is 18.7 Å². The fourth-order valence-corrected chi connectivity index (χ4v) is 4.85. The van der Waals surface area contributed by atoms with Gasteiger partial charge in [-0.15, -0.1) is 0 Å². The Bertz CT molecular complexity index is 920. The number of halogens is 1. The number of benzene rings is 1. The minimum Gasteiger partial charge on any atom is -0.393 e. The van der Waals surface area contributed by atoms with E-state index < -0.39 is 12.2 Å². The monoisotopic (exact) mass is 473 g/mol. The maximum atomic E-state index is 13.6. The van der Waals surface area contributed by atoms with E-state index in [9.17, 15) is 19.4 Å². The maximum absolute atomic E-state index is 13.6. The van der Waals surface area contributed by atoms with Crippen LogP contribution in [-0.2, 0) is 6.54 Å². The second-order valence-electron chi connectivity index (χ2n) is 9.94. The average molecular weight is 474 g/mol. The predicted molar refractivity (Wildman–Crippen MR) is 132 cm³/mol. The van der Waals surface area contributed by atoms with Crippen LogP contribution >= 0.6 is 0 Å². The van der Waals surface area contributed by atoms with E-state index in [0.717, 1.165) is 24.1 Å². The standard InChI is InChI=1S/C27H40FN3O3/c1-4-22(32)16-23(33)14-15-31-25(18(2)3)24(27(34)29-17-19-8-6-5-7-9-19)30-26(31)20-10-12-21(28)13-11-20/h10-13,18-19,22-23,32-33H,4-9,14-17H2,1-3H3,(H,29,34). The Morgan fingerprint density at radius 1 is 1.15 bits per heavy atom. The zero-order valence-corrected chi connectivity index (χ0v) is 20.8. The number of rotatable bonds is 11. The summed E-state index contributed by atoms with van der Waals surface area (Å²) in [6, 6.07) is 6.11. The zero-order chi connectivity index (χ0) is 24.7. The summed E-state index contributed by atoms with van der Waals surface area (Å²) < 4.78 is 15.6. The Morgan fingerprint density at radius 2 is 1.82 bits per heavy atom. The van der Waals surface area contributed by atoms with Gasteiger partial charge in [-0.2, -0.15) is 0 Å². The third-order valence-corrected chi connectivity index (χ3v) is 6.85. The molecule has 3 rings (SSSR count). The van der Waals surface area contributed by atoms with Gasteiger partial charge >= 0.3 is 0 Å². The van der Waals surface area contributed by atoms with Gasteiger partial charge in [-0.1, -0.05) is 40.0 Å². The van der Waals surface area contributed by atoms with Gasteiger partial charge in [0.05, 0.1) is 17.9 Å². The van der Waals surface area contributed by atoms with Crippen molar-refractivity contribution < 1.29 is 19.4 Å². The minimum atomic E-state index is -0.665. The molecule has 1 aromatic heterocycles. The Hall–Kier alpha value is -2.25. The topological polar surface area (TPSA) is 87.4 Å². The highest BCUT2D eigenvalue weighted by molar-refractivity contribution is 5.94.